The summed E-state index contributed by atoms with van der Waals surface area (Å²) in [6.45, 7) is 5.59. The van der Waals surface area contributed by atoms with E-state index in [1.165, 1.54) is 11.8 Å². The summed E-state index contributed by atoms with van der Waals surface area (Å²) in [6.07, 6.45) is 0. The molecule has 5 nitrogen and oxygen atoms in total. The monoisotopic (exact) mass is 372 g/mol. The lowest BCUT2D eigenvalue weighted by Crippen LogP contribution is -2.33. The van der Waals surface area contributed by atoms with E-state index in [1.54, 1.807) is 12.1 Å². The molecule has 0 radical (unpaired) electrons. The summed E-state index contributed by atoms with van der Waals surface area (Å²) in [5.41, 5.74) is 0.830. The molecule has 2 aromatic rings. The van der Waals surface area contributed by atoms with Crippen molar-refractivity contribution in [2.75, 3.05) is 0 Å². The maximum atomic E-state index is 12.4. The largest absolute Gasteiger partial charge is 0.349 e. The first kappa shape index (κ1) is 18.1. The number of hydrogen-bond donors (Lipinski definition) is 1. The Bertz CT molecular complexity index is 719. The third kappa shape index (κ3) is 4.40. The third-order valence-corrected chi connectivity index (χ3v) is 5.19. The highest BCUT2D eigenvalue weighted by atomic mass is 35.5. The fourth-order valence-corrected chi connectivity index (χ4v) is 3.40. The molecule has 0 saturated heterocycles. The molecule has 1 heterocycles. The van der Waals surface area contributed by atoms with Crippen molar-refractivity contribution in [3.05, 3.63) is 39.6 Å². The molecule has 0 aliphatic rings. The van der Waals surface area contributed by atoms with Gasteiger partial charge >= 0.3 is 0 Å². The van der Waals surface area contributed by atoms with Gasteiger partial charge in [-0.25, -0.2) is 0 Å². The van der Waals surface area contributed by atoms with Crippen molar-refractivity contribution < 1.29 is 4.79 Å². The van der Waals surface area contributed by atoms with Gasteiger partial charge in [0.25, 0.3) is 0 Å². The van der Waals surface area contributed by atoms with Gasteiger partial charge in [-0.2, -0.15) is 0 Å². The van der Waals surface area contributed by atoms with Crippen molar-refractivity contribution in [1.29, 1.82) is 0 Å². The van der Waals surface area contributed by atoms with Gasteiger partial charge in [0.05, 0.1) is 11.3 Å². The van der Waals surface area contributed by atoms with Gasteiger partial charge in [0.15, 0.2) is 5.16 Å². The van der Waals surface area contributed by atoms with Crippen LogP contribution in [0.1, 0.15) is 31.3 Å². The molecule has 0 fully saturated rings. The lowest BCUT2D eigenvalue weighted by molar-refractivity contribution is -0.120. The van der Waals surface area contributed by atoms with Crippen molar-refractivity contribution in [1.82, 2.24) is 20.1 Å². The number of amides is 1. The lowest BCUT2D eigenvalue weighted by atomic mass is 10.1. The highest BCUT2D eigenvalue weighted by Gasteiger charge is 2.21. The van der Waals surface area contributed by atoms with E-state index in [0.717, 1.165) is 11.4 Å². The summed E-state index contributed by atoms with van der Waals surface area (Å²) < 4.78 is 1.86. The Morgan fingerprint density at radius 1 is 1.30 bits per heavy atom. The average Bonchev–Trinajstić information content (AvgIpc) is 2.79. The van der Waals surface area contributed by atoms with Crippen LogP contribution in [-0.4, -0.2) is 25.9 Å². The number of nitrogens with zero attached hydrogens (tertiary/aromatic N) is 3. The van der Waals surface area contributed by atoms with Crippen LogP contribution in [0.2, 0.25) is 10.0 Å². The molecule has 2 rings (SSSR count). The molecule has 0 aliphatic carbocycles. The first-order valence-corrected chi connectivity index (χ1v) is 8.71. The molecule has 0 spiro atoms. The van der Waals surface area contributed by atoms with Crippen LogP contribution in [-0.2, 0) is 11.8 Å². The van der Waals surface area contributed by atoms with Crippen LogP contribution < -0.4 is 5.32 Å². The smallest absolute Gasteiger partial charge is 0.233 e. The van der Waals surface area contributed by atoms with E-state index in [1.807, 2.05) is 38.5 Å². The van der Waals surface area contributed by atoms with Crippen molar-refractivity contribution in [2.24, 2.45) is 7.05 Å². The topological polar surface area (TPSA) is 59.8 Å². The molecule has 2 atom stereocenters. The van der Waals surface area contributed by atoms with E-state index in [9.17, 15) is 4.79 Å². The zero-order valence-electron chi connectivity index (χ0n) is 13.3. The Morgan fingerprint density at radius 3 is 2.57 bits per heavy atom. The normalized spacial score (nSPS) is 13.7. The molecule has 1 aromatic carbocycles. The quantitative estimate of drug-likeness (QED) is 0.811. The maximum Gasteiger partial charge on any atom is 0.233 e. The van der Waals surface area contributed by atoms with Gasteiger partial charge in [-0.05, 0) is 38.5 Å². The minimum Gasteiger partial charge on any atom is -0.349 e. The van der Waals surface area contributed by atoms with Gasteiger partial charge in [-0.3, -0.25) is 4.79 Å². The molecule has 1 aromatic heterocycles. The van der Waals surface area contributed by atoms with Gasteiger partial charge in [0.2, 0.25) is 5.91 Å². The molecule has 0 saturated carbocycles. The second-order valence-corrected chi connectivity index (χ2v) is 7.40. The minimum atomic E-state index is -0.300. The van der Waals surface area contributed by atoms with E-state index in [-0.39, 0.29) is 17.2 Å². The Balaban J connectivity index is 2.01. The second kappa shape index (κ2) is 7.55. The standard InChI is InChI=1S/C15H18Cl2N4OS/c1-8(12-6-5-11(16)7-13(12)17)18-14(22)9(2)23-15-20-19-10(3)21(15)4/h5-9H,1-4H3,(H,18,22)/t8-,9+/m1/s1. The van der Waals surface area contributed by atoms with E-state index in [2.05, 4.69) is 15.5 Å². The molecule has 1 N–H and O–H groups in total. The van der Waals surface area contributed by atoms with E-state index in [4.69, 9.17) is 23.2 Å². The third-order valence-electron chi connectivity index (χ3n) is 3.49. The first-order valence-electron chi connectivity index (χ1n) is 7.07. The molecular weight excluding hydrogens is 355 g/mol. The van der Waals surface area contributed by atoms with Crippen LogP contribution in [0.5, 0.6) is 0 Å². The number of carbonyl (C=O) groups excluding carboxylic acids is 1. The Hall–Kier alpha value is -1.24. The second-order valence-electron chi connectivity index (χ2n) is 5.24. The molecule has 1 amide bonds. The number of thioether (sulfide) groups is 1. The number of benzene rings is 1. The van der Waals surface area contributed by atoms with E-state index >= 15 is 0 Å². The zero-order chi connectivity index (χ0) is 17.1. The summed E-state index contributed by atoms with van der Waals surface area (Å²) in [5.74, 6) is 0.718. The zero-order valence-corrected chi connectivity index (χ0v) is 15.6. The SMILES string of the molecule is Cc1nnc(S[C@@H](C)C(=O)N[C@H](C)c2ccc(Cl)cc2Cl)n1C. The van der Waals surface area contributed by atoms with Crippen LogP contribution in [0, 0.1) is 6.92 Å². The summed E-state index contributed by atoms with van der Waals surface area (Å²) >= 11 is 13.4. The Morgan fingerprint density at radius 2 is 2.00 bits per heavy atom. The van der Waals surface area contributed by atoms with Crippen LogP contribution >= 0.6 is 35.0 Å². The maximum absolute atomic E-state index is 12.4. The Kier molecular flexibility index (Phi) is 5.95. The van der Waals surface area contributed by atoms with E-state index < -0.39 is 0 Å². The van der Waals surface area contributed by atoms with Gasteiger partial charge in [0, 0.05) is 17.1 Å². The fourth-order valence-electron chi connectivity index (χ4n) is 1.96. The van der Waals surface area contributed by atoms with Crippen LogP contribution in [0.4, 0.5) is 0 Å². The molecule has 0 unspecified atom stereocenters. The van der Waals surface area contributed by atoms with Crippen molar-refractivity contribution in [3.63, 3.8) is 0 Å². The molecule has 23 heavy (non-hydrogen) atoms. The number of carbonyl (C=O) groups is 1. The first-order chi connectivity index (χ1) is 10.8. The summed E-state index contributed by atoms with van der Waals surface area (Å²) in [5, 5.41) is 12.5. The number of aryl methyl sites for hydroxylation is 1. The summed E-state index contributed by atoms with van der Waals surface area (Å²) in [6, 6.07) is 5.03. The number of halogens is 2. The lowest BCUT2D eigenvalue weighted by Gasteiger charge is -2.18. The highest BCUT2D eigenvalue weighted by Crippen LogP contribution is 2.27. The summed E-state index contributed by atoms with van der Waals surface area (Å²) in [4.78, 5) is 12.4. The number of rotatable bonds is 5. The van der Waals surface area contributed by atoms with Gasteiger partial charge in [-0.15, -0.1) is 10.2 Å². The Labute approximate surface area is 149 Å². The van der Waals surface area contributed by atoms with Crippen molar-refractivity contribution >= 4 is 40.9 Å². The molecular formula is C15H18Cl2N4OS. The molecule has 0 bridgehead atoms. The van der Waals surface area contributed by atoms with Crippen molar-refractivity contribution in [2.45, 2.75) is 37.2 Å². The van der Waals surface area contributed by atoms with E-state index in [0.29, 0.717) is 15.2 Å². The molecule has 8 heteroatoms. The van der Waals surface area contributed by atoms with Gasteiger partial charge in [0.1, 0.15) is 5.82 Å². The van der Waals surface area contributed by atoms with Crippen LogP contribution in [0.15, 0.2) is 23.4 Å². The van der Waals surface area contributed by atoms with Crippen LogP contribution in [0.3, 0.4) is 0 Å². The number of hydrogen-bond acceptors (Lipinski definition) is 4. The minimum absolute atomic E-state index is 0.0887. The number of nitrogens with one attached hydrogen (secondary N) is 1. The summed E-state index contributed by atoms with van der Waals surface area (Å²) in [7, 11) is 1.87. The predicted octanol–water partition coefficient (Wildman–Crippen LogP) is 3.79. The van der Waals surface area contributed by atoms with Gasteiger partial charge < -0.3 is 9.88 Å². The average molecular weight is 373 g/mol. The molecule has 124 valence electrons. The predicted molar refractivity (Wildman–Crippen MR) is 94.1 cm³/mol. The molecule has 0 aliphatic heterocycles. The van der Waals surface area contributed by atoms with Crippen LogP contribution in [0.25, 0.3) is 0 Å². The van der Waals surface area contributed by atoms with Crippen molar-refractivity contribution in [3.8, 4) is 0 Å². The fraction of sp³-hybridized carbons (Fsp3) is 0.400. The number of aromatic nitrogens is 3. The van der Waals surface area contributed by atoms with Gasteiger partial charge in [-0.1, -0.05) is 41.0 Å². The highest BCUT2D eigenvalue weighted by molar-refractivity contribution is 8.00.